The summed E-state index contributed by atoms with van der Waals surface area (Å²) in [6.07, 6.45) is 0. The number of hydrogen-bond donors (Lipinski definition) is 2. The standard InChI is InChI=1S/C12H15N3O5S/c1-14(2)21(19,20)7-6-15-10-8(11(16)17)4-3-5-9(10)13-12(15)18/h3-5H,6-7H2,1-2H3,(H,13,18)(H,16,17). The van der Waals surface area contributed by atoms with E-state index in [1.54, 1.807) is 6.07 Å². The Morgan fingerprint density at radius 3 is 2.62 bits per heavy atom. The number of fused-ring (bicyclic) bond motifs is 1. The minimum Gasteiger partial charge on any atom is -0.478 e. The fourth-order valence-corrected chi connectivity index (χ4v) is 2.77. The van der Waals surface area contributed by atoms with Crippen molar-refractivity contribution in [1.29, 1.82) is 0 Å². The maximum Gasteiger partial charge on any atom is 0.337 e. The number of carbonyl (C=O) groups is 1. The summed E-state index contributed by atoms with van der Waals surface area (Å²) in [5.74, 6) is -1.47. The van der Waals surface area contributed by atoms with Crippen LogP contribution >= 0.6 is 0 Å². The Morgan fingerprint density at radius 2 is 2.05 bits per heavy atom. The molecule has 114 valence electrons. The summed E-state index contributed by atoms with van der Waals surface area (Å²) < 4.78 is 25.8. The van der Waals surface area contributed by atoms with Crippen LogP contribution in [0.2, 0.25) is 0 Å². The van der Waals surface area contributed by atoms with E-state index in [2.05, 4.69) is 4.98 Å². The third-order valence-electron chi connectivity index (χ3n) is 3.15. The molecule has 0 bridgehead atoms. The predicted molar refractivity (Wildman–Crippen MR) is 77.0 cm³/mol. The van der Waals surface area contributed by atoms with Gasteiger partial charge in [-0.05, 0) is 12.1 Å². The van der Waals surface area contributed by atoms with Crippen molar-refractivity contribution in [3.63, 3.8) is 0 Å². The van der Waals surface area contributed by atoms with Crippen molar-refractivity contribution in [2.24, 2.45) is 0 Å². The molecule has 0 spiro atoms. The van der Waals surface area contributed by atoms with Gasteiger partial charge in [0.15, 0.2) is 0 Å². The summed E-state index contributed by atoms with van der Waals surface area (Å²) >= 11 is 0. The number of rotatable bonds is 5. The Hall–Kier alpha value is -2.13. The second kappa shape index (κ2) is 5.34. The van der Waals surface area contributed by atoms with Crippen molar-refractivity contribution in [3.05, 3.63) is 34.2 Å². The lowest BCUT2D eigenvalue weighted by molar-refractivity contribution is 0.0698. The normalized spacial score (nSPS) is 12.1. The van der Waals surface area contributed by atoms with Gasteiger partial charge in [-0.1, -0.05) is 6.07 Å². The van der Waals surface area contributed by atoms with E-state index in [0.29, 0.717) is 5.52 Å². The second-order valence-corrected chi connectivity index (χ2v) is 6.99. The molecule has 0 atom stereocenters. The van der Waals surface area contributed by atoms with Crippen molar-refractivity contribution in [2.45, 2.75) is 6.54 Å². The molecule has 0 saturated heterocycles. The molecule has 21 heavy (non-hydrogen) atoms. The number of aromatic nitrogens is 2. The summed E-state index contributed by atoms with van der Waals surface area (Å²) in [6, 6.07) is 4.46. The molecule has 1 aromatic heterocycles. The third-order valence-corrected chi connectivity index (χ3v) is 4.96. The van der Waals surface area contributed by atoms with Gasteiger partial charge in [-0.3, -0.25) is 4.57 Å². The quantitative estimate of drug-likeness (QED) is 0.801. The lowest BCUT2D eigenvalue weighted by Crippen LogP contribution is -2.29. The van der Waals surface area contributed by atoms with Gasteiger partial charge in [0.2, 0.25) is 10.0 Å². The number of carboxylic acids is 1. The fourth-order valence-electron chi connectivity index (χ4n) is 1.99. The smallest absolute Gasteiger partial charge is 0.337 e. The highest BCUT2D eigenvalue weighted by molar-refractivity contribution is 7.89. The first-order chi connectivity index (χ1) is 9.74. The van der Waals surface area contributed by atoms with E-state index >= 15 is 0 Å². The van der Waals surface area contributed by atoms with Gasteiger partial charge < -0.3 is 10.1 Å². The molecule has 2 aromatic rings. The highest BCUT2D eigenvalue weighted by Gasteiger charge is 2.19. The summed E-state index contributed by atoms with van der Waals surface area (Å²) in [5.41, 5.74) is -0.0214. The van der Waals surface area contributed by atoms with Gasteiger partial charge in [0.25, 0.3) is 0 Å². The number of hydrogen-bond acceptors (Lipinski definition) is 4. The zero-order valence-corrected chi connectivity index (χ0v) is 12.3. The molecule has 0 fully saturated rings. The topological polar surface area (TPSA) is 112 Å². The van der Waals surface area contributed by atoms with Crippen molar-refractivity contribution in [3.8, 4) is 0 Å². The summed E-state index contributed by atoms with van der Waals surface area (Å²) in [4.78, 5) is 25.7. The number of imidazole rings is 1. The van der Waals surface area contributed by atoms with Gasteiger partial charge in [0.1, 0.15) is 0 Å². The Bertz CT molecular complexity index is 847. The fraction of sp³-hybridized carbons (Fsp3) is 0.333. The van der Waals surface area contributed by atoms with Crippen molar-refractivity contribution < 1.29 is 18.3 Å². The van der Waals surface area contributed by atoms with E-state index in [9.17, 15) is 23.1 Å². The Balaban J connectivity index is 2.52. The number of carboxylic acid groups (broad SMARTS) is 1. The number of nitrogens with one attached hydrogen (secondary N) is 1. The lowest BCUT2D eigenvalue weighted by Gasteiger charge is -2.11. The molecule has 0 unspecified atom stereocenters. The first-order valence-corrected chi connectivity index (χ1v) is 7.70. The van der Waals surface area contributed by atoms with Gasteiger partial charge in [0, 0.05) is 20.6 Å². The molecule has 2 rings (SSSR count). The Morgan fingerprint density at radius 1 is 1.38 bits per heavy atom. The van der Waals surface area contributed by atoms with Gasteiger partial charge in [-0.2, -0.15) is 0 Å². The molecule has 0 saturated carbocycles. The average Bonchev–Trinajstić information content (AvgIpc) is 2.71. The maximum absolute atomic E-state index is 11.9. The number of nitrogens with zero attached hydrogens (tertiary/aromatic N) is 2. The molecule has 0 radical (unpaired) electrons. The van der Waals surface area contributed by atoms with E-state index in [0.717, 1.165) is 8.87 Å². The number of aromatic carboxylic acids is 1. The van der Waals surface area contributed by atoms with Crippen molar-refractivity contribution in [1.82, 2.24) is 13.9 Å². The molecule has 0 amide bonds. The zero-order chi connectivity index (χ0) is 15.8. The lowest BCUT2D eigenvalue weighted by atomic mass is 10.2. The minimum atomic E-state index is -3.48. The van der Waals surface area contributed by atoms with Crippen LogP contribution in [0.25, 0.3) is 11.0 Å². The molecule has 0 aliphatic heterocycles. The first kappa shape index (κ1) is 15.3. The summed E-state index contributed by atoms with van der Waals surface area (Å²) in [5, 5.41) is 9.18. The molecular formula is C12H15N3O5S. The Kier molecular flexibility index (Phi) is 3.88. The second-order valence-electron chi connectivity index (χ2n) is 4.69. The number of sulfonamides is 1. The molecule has 0 aliphatic rings. The number of aromatic amines is 1. The van der Waals surface area contributed by atoms with Crippen LogP contribution in [0.15, 0.2) is 23.0 Å². The van der Waals surface area contributed by atoms with Gasteiger partial charge >= 0.3 is 11.7 Å². The zero-order valence-electron chi connectivity index (χ0n) is 11.5. The SMILES string of the molecule is CN(C)S(=O)(=O)CCn1c(=O)[nH]c2cccc(C(=O)O)c21. The van der Waals surface area contributed by atoms with Crippen LogP contribution in [-0.4, -0.2) is 53.2 Å². The molecule has 9 heteroatoms. The van der Waals surface area contributed by atoms with Gasteiger partial charge in [0.05, 0.1) is 22.3 Å². The molecular weight excluding hydrogens is 298 g/mol. The third kappa shape index (κ3) is 2.83. The molecule has 0 aliphatic carbocycles. The van der Waals surface area contributed by atoms with Crippen LogP contribution in [-0.2, 0) is 16.6 Å². The largest absolute Gasteiger partial charge is 0.478 e. The molecule has 1 aromatic carbocycles. The van der Waals surface area contributed by atoms with Crippen LogP contribution in [0.3, 0.4) is 0 Å². The average molecular weight is 313 g/mol. The number of benzene rings is 1. The molecule has 2 N–H and O–H groups in total. The molecule has 1 heterocycles. The van der Waals surface area contributed by atoms with Gasteiger partial charge in [-0.25, -0.2) is 22.3 Å². The van der Waals surface area contributed by atoms with Crippen LogP contribution in [0, 0.1) is 0 Å². The van der Waals surface area contributed by atoms with E-state index in [-0.39, 0.29) is 23.4 Å². The highest BCUT2D eigenvalue weighted by Crippen LogP contribution is 2.16. The summed E-state index contributed by atoms with van der Waals surface area (Å²) in [7, 11) is -0.683. The van der Waals surface area contributed by atoms with E-state index in [4.69, 9.17) is 0 Å². The highest BCUT2D eigenvalue weighted by atomic mass is 32.2. The Labute approximate surface area is 120 Å². The number of H-pyrrole nitrogens is 1. The van der Waals surface area contributed by atoms with E-state index < -0.39 is 21.7 Å². The van der Waals surface area contributed by atoms with E-state index in [1.165, 1.54) is 26.2 Å². The monoisotopic (exact) mass is 313 g/mol. The minimum absolute atomic E-state index is 0.0481. The predicted octanol–water partition coefficient (Wildman–Crippen LogP) is -0.0808. The first-order valence-electron chi connectivity index (χ1n) is 6.09. The summed E-state index contributed by atoms with van der Waals surface area (Å²) in [6.45, 7) is -0.121. The van der Waals surface area contributed by atoms with Crippen molar-refractivity contribution in [2.75, 3.05) is 19.8 Å². The maximum atomic E-state index is 11.9. The van der Waals surface area contributed by atoms with Crippen LogP contribution < -0.4 is 5.69 Å². The van der Waals surface area contributed by atoms with E-state index in [1.807, 2.05) is 0 Å². The molecule has 8 nitrogen and oxygen atoms in total. The van der Waals surface area contributed by atoms with Crippen molar-refractivity contribution >= 4 is 27.0 Å². The number of para-hydroxylation sites is 1. The van der Waals surface area contributed by atoms with Crippen LogP contribution in [0.1, 0.15) is 10.4 Å². The number of aryl methyl sites for hydroxylation is 1. The van der Waals surface area contributed by atoms with Crippen LogP contribution in [0.4, 0.5) is 0 Å². The van der Waals surface area contributed by atoms with Gasteiger partial charge in [-0.15, -0.1) is 0 Å². The van der Waals surface area contributed by atoms with Crippen LogP contribution in [0.5, 0.6) is 0 Å².